The van der Waals surface area contributed by atoms with Crippen LogP contribution in [-0.4, -0.2) is 12.8 Å². The van der Waals surface area contributed by atoms with Gasteiger partial charge in [-0.05, 0) is 23.0 Å². The van der Waals surface area contributed by atoms with Crippen molar-refractivity contribution in [2.45, 2.75) is 39.5 Å². The fourth-order valence-electron chi connectivity index (χ4n) is 1.80. The fraction of sp³-hybridized carbons (Fsp3) is 0.500. The Morgan fingerprint density at radius 2 is 1.62 bits per heavy atom. The van der Waals surface area contributed by atoms with E-state index in [2.05, 4.69) is 50.9 Å². The van der Waals surface area contributed by atoms with Crippen LogP contribution in [0.15, 0.2) is 23.2 Å². The second kappa shape index (κ2) is 5.80. The molecule has 0 heterocycles. The minimum atomic E-state index is 0.489. The molecule has 0 bridgehead atoms. The van der Waals surface area contributed by atoms with Crippen molar-refractivity contribution in [3.63, 3.8) is 0 Å². The molecule has 0 fully saturated rings. The highest BCUT2D eigenvalue weighted by Crippen LogP contribution is 2.34. The summed E-state index contributed by atoms with van der Waals surface area (Å²) >= 11 is 0. The number of hydrogen-bond acceptors (Lipinski definition) is 2. The molecule has 2 nitrogen and oxygen atoms in total. The number of para-hydroxylation sites is 1. The summed E-state index contributed by atoms with van der Waals surface area (Å²) in [5, 5.41) is 0. The highest BCUT2D eigenvalue weighted by atomic mass is 14.7. The molecule has 1 aromatic carbocycles. The molecular formula is C14H22N2. The number of rotatable bonds is 4. The Balaban J connectivity index is 3.29. The van der Waals surface area contributed by atoms with Crippen LogP contribution in [0.1, 0.15) is 50.7 Å². The maximum Gasteiger partial charge on any atom is 0.0695 e. The molecule has 1 rings (SSSR count). The Hall–Kier alpha value is -1.15. The van der Waals surface area contributed by atoms with Gasteiger partial charge in [0.05, 0.1) is 5.69 Å². The van der Waals surface area contributed by atoms with E-state index in [-0.39, 0.29) is 0 Å². The van der Waals surface area contributed by atoms with Crippen molar-refractivity contribution >= 4 is 11.9 Å². The highest BCUT2D eigenvalue weighted by Gasteiger charge is 2.12. The molecule has 88 valence electrons. The lowest BCUT2D eigenvalue weighted by Gasteiger charge is -2.16. The van der Waals surface area contributed by atoms with E-state index in [0.29, 0.717) is 18.4 Å². The lowest BCUT2D eigenvalue weighted by Crippen LogP contribution is -2.00. The van der Waals surface area contributed by atoms with Gasteiger partial charge in [-0.15, -0.1) is 0 Å². The number of hydrogen-bond donors (Lipinski definition) is 1. The normalized spacial score (nSPS) is 11.9. The molecule has 0 aliphatic heterocycles. The Morgan fingerprint density at radius 1 is 1.12 bits per heavy atom. The fourth-order valence-corrected chi connectivity index (χ4v) is 1.80. The van der Waals surface area contributed by atoms with Crippen LogP contribution in [0.4, 0.5) is 5.69 Å². The summed E-state index contributed by atoms with van der Waals surface area (Å²) < 4.78 is 0. The molecule has 0 radical (unpaired) electrons. The standard InChI is InChI=1S/C14H22N2/c1-10(2)12-6-5-7-13(11(3)4)14(12)16-9-8-15/h5-7,9-11H,8,15H2,1-4H3. The summed E-state index contributed by atoms with van der Waals surface area (Å²) in [6.07, 6.45) is 1.78. The number of nitrogens with zero attached hydrogens (tertiary/aromatic N) is 1. The third kappa shape index (κ3) is 2.92. The van der Waals surface area contributed by atoms with Crippen molar-refractivity contribution < 1.29 is 0 Å². The van der Waals surface area contributed by atoms with Gasteiger partial charge in [0.15, 0.2) is 0 Å². The first-order chi connectivity index (χ1) is 7.57. The smallest absolute Gasteiger partial charge is 0.0695 e. The molecule has 0 aliphatic carbocycles. The van der Waals surface area contributed by atoms with Gasteiger partial charge in [0.25, 0.3) is 0 Å². The predicted molar refractivity (Wildman–Crippen MR) is 71.8 cm³/mol. The van der Waals surface area contributed by atoms with E-state index in [1.807, 2.05) is 0 Å². The summed E-state index contributed by atoms with van der Waals surface area (Å²) in [4.78, 5) is 4.52. The van der Waals surface area contributed by atoms with E-state index < -0.39 is 0 Å². The van der Waals surface area contributed by atoms with Crippen LogP contribution < -0.4 is 5.73 Å². The molecule has 0 amide bonds. The number of aliphatic imine (C=N–C) groups is 1. The molecule has 2 heteroatoms. The molecule has 0 unspecified atom stereocenters. The molecule has 0 atom stereocenters. The summed E-state index contributed by atoms with van der Waals surface area (Å²) in [6, 6.07) is 6.42. The third-order valence-corrected chi connectivity index (χ3v) is 2.67. The zero-order valence-corrected chi connectivity index (χ0v) is 10.7. The van der Waals surface area contributed by atoms with Gasteiger partial charge >= 0.3 is 0 Å². The van der Waals surface area contributed by atoms with E-state index >= 15 is 0 Å². The van der Waals surface area contributed by atoms with Crippen LogP contribution in [0.2, 0.25) is 0 Å². The van der Waals surface area contributed by atoms with Gasteiger partial charge in [0.1, 0.15) is 0 Å². The SMILES string of the molecule is CC(C)c1cccc(C(C)C)c1N=CCN. The lowest BCUT2D eigenvalue weighted by atomic mass is 9.93. The highest BCUT2D eigenvalue weighted by molar-refractivity contribution is 5.68. The third-order valence-electron chi connectivity index (χ3n) is 2.67. The molecule has 0 saturated heterocycles. The number of benzene rings is 1. The summed E-state index contributed by atoms with van der Waals surface area (Å²) in [6.45, 7) is 9.27. The second-order valence-corrected chi connectivity index (χ2v) is 4.64. The average molecular weight is 218 g/mol. The molecular weight excluding hydrogens is 196 g/mol. The zero-order valence-electron chi connectivity index (χ0n) is 10.7. The first-order valence-corrected chi connectivity index (χ1v) is 5.93. The Morgan fingerprint density at radius 3 is 2.00 bits per heavy atom. The van der Waals surface area contributed by atoms with Crippen LogP contribution in [0, 0.1) is 0 Å². The van der Waals surface area contributed by atoms with E-state index in [4.69, 9.17) is 5.73 Å². The average Bonchev–Trinajstić information content (AvgIpc) is 2.25. The van der Waals surface area contributed by atoms with Crippen molar-refractivity contribution in [1.29, 1.82) is 0 Å². The monoisotopic (exact) mass is 218 g/mol. The van der Waals surface area contributed by atoms with Gasteiger partial charge in [0, 0.05) is 12.8 Å². The van der Waals surface area contributed by atoms with Crippen LogP contribution in [0.25, 0.3) is 0 Å². The molecule has 0 spiro atoms. The minimum Gasteiger partial charge on any atom is -0.326 e. The van der Waals surface area contributed by atoms with E-state index in [9.17, 15) is 0 Å². The summed E-state index contributed by atoms with van der Waals surface area (Å²) in [5.74, 6) is 0.979. The van der Waals surface area contributed by atoms with E-state index in [1.165, 1.54) is 11.1 Å². The Labute approximate surface area is 98.6 Å². The van der Waals surface area contributed by atoms with Gasteiger partial charge in [-0.2, -0.15) is 0 Å². The topological polar surface area (TPSA) is 38.4 Å². The molecule has 0 aliphatic rings. The molecule has 0 saturated carbocycles. The van der Waals surface area contributed by atoms with Gasteiger partial charge in [0.2, 0.25) is 0 Å². The molecule has 2 N–H and O–H groups in total. The van der Waals surface area contributed by atoms with Crippen molar-refractivity contribution in [1.82, 2.24) is 0 Å². The van der Waals surface area contributed by atoms with Gasteiger partial charge in [-0.25, -0.2) is 0 Å². The summed E-state index contributed by atoms with van der Waals surface area (Å²) in [5.41, 5.74) is 9.19. The Kier molecular flexibility index (Phi) is 4.69. The maximum atomic E-state index is 5.48. The Bertz CT molecular complexity index is 339. The largest absolute Gasteiger partial charge is 0.326 e. The number of nitrogens with two attached hydrogens (primary N) is 1. The van der Waals surface area contributed by atoms with Gasteiger partial charge < -0.3 is 5.73 Å². The predicted octanol–water partition coefficient (Wildman–Crippen LogP) is 3.59. The van der Waals surface area contributed by atoms with Crippen LogP contribution in [-0.2, 0) is 0 Å². The van der Waals surface area contributed by atoms with Crippen molar-refractivity contribution in [3.8, 4) is 0 Å². The van der Waals surface area contributed by atoms with Crippen molar-refractivity contribution in [2.75, 3.05) is 6.54 Å². The quantitative estimate of drug-likeness (QED) is 0.770. The molecule has 1 aromatic rings. The van der Waals surface area contributed by atoms with Crippen molar-refractivity contribution in [3.05, 3.63) is 29.3 Å². The zero-order chi connectivity index (χ0) is 12.1. The molecule has 16 heavy (non-hydrogen) atoms. The van der Waals surface area contributed by atoms with Crippen molar-refractivity contribution in [2.24, 2.45) is 10.7 Å². The first-order valence-electron chi connectivity index (χ1n) is 5.93. The summed E-state index contributed by atoms with van der Waals surface area (Å²) in [7, 11) is 0. The van der Waals surface area contributed by atoms with Crippen LogP contribution in [0.5, 0.6) is 0 Å². The van der Waals surface area contributed by atoms with Crippen LogP contribution in [0.3, 0.4) is 0 Å². The molecule has 0 aromatic heterocycles. The first kappa shape index (κ1) is 12.9. The minimum absolute atomic E-state index is 0.489. The van der Waals surface area contributed by atoms with Gasteiger partial charge in [-0.1, -0.05) is 45.9 Å². The van der Waals surface area contributed by atoms with E-state index in [1.54, 1.807) is 6.21 Å². The second-order valence-electron chi connectivity index (χ2n) is 4.64. The van der Waals surface area contributed by atoms with Gasteiger partial charge in [-0.3, -0.25) is 4.99 Å². The van der Waals surface area contributed by atoms with E-state index in [0.717, 1.165) is 5.69 Å². The maximum absolute atomic E-state index is 5.48. The lowest BCUT2D eigenvalue weighted by molar-refractivity contribution is 0.835. The van der Waals surface area contributed by atoms with Crippen LogP contribution >= 0.6 is 0 Å².